The molecule has 1 aromatic heterocycles. The fourth-order valence-corrected chi connectivity index (χ4v) is 1.49. The van der Waals surface area contributed by atoms with E-state index in [2.05, 4.69) is 17.3 Å². The first kappa shape index (κ1) is 11.2. The Labute approximate surface area is 85.3 Å². The molecule has 0 saturated carbocycles. The van der Waals surface area contributed by atoms with Crippen LogP contribution < -0.4 is 5.32 Å². The topological polar surface area (TPSA) is 39.1 Å². The van der Waals surface area contributed by atoms with Gasteiger partial charge in [-0.1, -0.05) is 6.92 Å². The summed E-state index contributed by atoms with van der Waals surface area (Å²) in [6, 6.07) is 0.355. The summed E-state index contributed by atoms with van der Waals surface area (Å²) in [6.07, 6.45) is 4.93. The second-order valence-corrected chi connectivity index (χ2v) is 3.34. The summed E-state index contributed by atoms with van der Waals surface area (Å²) in [6.45, 7) is 3.84. The van der Waals surface area contributed by atoms with Crippen LogP contribution in [-0.2, 0) is 11.8 Å². The van der Waals surface area contributed by atoms with E-state index < -0.39 is 0 Å². The van der Waals surface area contributed by atoms with Gasteiger partial charge < -0.3 is 10.1 Å². The average Bonchev–Trinajstić information content (AvgIpc) is 2.59. The summed E-state index contributed by atoms with van der Waals surface area (Å²) in [7, 11) is 3.66. The zero-order chi connectivity index (χ0) is 10.4. The molecule has 14 heavy (non-hydrogen) atoms. The van der Waals surface area contributed by atoms with Gasteiger partial charge in [0.05, 0.1) is 6.20 Å². The third kappa shape index (κ3) is 3.12. The third-order valence-electron chi connectivity index (χ3n) is 2.19. The predicted molar refractivity (Wildman–Crippen MR) is 56.1 cm³/mol. The van der Waals surface area contributed by atoms with Crippen molar-refractivity contribution in [3.63, 3.8) is 0 Å². The molecule has 0 saturated heterocycles. The van der Waals surface area contributed by atoms with Gasteiger partial charge in [-0.05, 0) is 13.0 Å². The number of hydrogen-bond donors (Lipinski definition) is 1. The van der Waals surface area contributed by atoms with Crippen LogP contribution in [0.5, 0.6) is 0 Å². The predicted octanol–water partition coefficient (Wildman–Crippen LogP) is 1.11. The quantitative estimate of drug-likeness (QED) is 0.742. The van der Waals surface area contributed by atoms with Crippen molar-refractivity contribution in [3.8, 4) is 0 Å². The van der Waals surface area contributed by atoms with Gasteiger partial charge in [0, 0.05) is 38.6 Å². The fourth-order valence-electron chi connectivity index (χ4n) is 1.49. The third-order valence-corrected chi connectivity index (χ3v) is 2.19. The summed E-state index contributed by atoms with van der Waals surface area (Å²) < 4.78 is 6.91. The molecule has 0 aliphatic heterocycles. The molecule has 0 bridgehead atoms. The Morgan fingerprint density at radius 2 is 2.43 bits per heavy atom. The van der Waals surface area contributed by atoms with Crippen LogP contribution in [0.25, 0.3) is 0 Å². The highest BCUT2D eigenvalue weighted by Crippen LogP contribution is 2.15. The highest BCUT2D eigenvalue weighted by Gasteiger charge is 2.11. The summed E-state index contributed by atoms with van der Waals surface area (Å²) in [5.74, 6) is 0. The second-order valence-electron chi connectivity index (χ2n) is 3.34. The van der Waals surface area contributed by atoms with Crippen molar-refractivity contribution in [1.29, 1.82) is 0 Å². The number of methoxy groups -OCH3 is 1. The lowest BCUT2D eigenvalue weighted by molar-refractivity contribution is 0.183. The molecule has 1 rings (SSSR count). The molecule has 0 radical (unpaired) electrons. The number of hydrogen-bond acceptors (Lipinski definition) is 3. The Morgan fingerprint density at radius 3 is 2.93 bits per heavy atom. The normalized spacial score (nSPS) is 13.1. The zero-order valence-electron chi connectivity index (χ0n) is 9.16. The molecule has 0 aliphatic carbocycles. The van der Waals surface area contributed by atoms with Crippen molar-refractivity contribution in [2.45, 2.75) is 19.4 Å². The smallest absolute Gasteiger partial charge is 0.0537 e. The molecule has 1 N–H and O–H groups in total. The number of nitrogens with zero attached hydrogens (tertiary/aromatic N) is 2. The molecule has 0 aromatic carbocycles. The van der Waals surface area contributed by atoms with Crippen molar-refractivity contribution in [1.82, 2.24) is 15.1 Å². The minimum atomic E-state index is 0.355. The molecule has 1 unspecified atom stereocenters. The van der Waals surface area contributed by atoms with Gasteiger partial charge in [0.1, 0.15) is 0 Å². The van der Waals surface area contributed by atoms with E-state index in [4.69, 9.17) is 4.74 Å². The van der Waals surface area contributed by atoms with E-state index in [1.54, 1.807) is 7.11 Å². The van der Waals surface area contributed by atoms with E-state index in [1.165, 1.54) is 5.56 Å². The first-order chi connectivity index (χ1) is 6.77. The SMILES string of the molecule is CCNC(CCOC)c1cnn(C)c1. The summed E-state index contributed by atoms with van der Waals surface area (Å²) in [5, 5.41) is 7.58. The molecular weight excluding hydrogens is 178 g/mol. The minimum Gasteiger partial charge on any atom is -0.385 e. The molecule has 0 aliphatic rings. The van der Waals surface area contributed by atoms with Crippen LogP contribution in [0.15, 0.2) is 12.4 Å². The largest absolute Gasteiger partial charge is 0.385 e. The highest BCUT2D eigenvalue weighted by molar-refractivity contribution is 5.10. The Morgan fingerprint density at radius 1 is 1.64 bits per heavy atom. The van der Waals surface area contributed by atoms with Crippen LogP contribution in [0.4, 0.5) is 0 Å². The maximum Gasteiger partial charge on any atom is 0.0537 e. The molecule has 1 atom stereocenters. The van der Waals surface area contributed by atoms with E-state index in [9.17, 15) is 0 Å². The minimum absolute atomic E-state index is 0.355. The van der Waals surface area contributed by atoms with E-state index in [-0.39, 0.29) is 0 Å². The maximum atomic E-state index is 5.08. The van der Waals surface area contributed by atoms with Crippen molar-refractivity contribution < 1.29 is 4.74 Å². The maximum absolute atomic E-state index is 5.08. The lowest BCUT2D eigenvalue weighted by Crippen LogP contribution is -2.21. The number of rotatable bonds is 6. The first-order valence-corrected chi connectivity index (χ1v) is 4.98. The van der Waals surface area contributed by atoms with Crippen LogP contribution in [0.3, 0.4) is 0 Å². The highest BCUT2D eigenvalue weighted by atomic mass is 16.5. The van der Waals surface area contributed by atoms with Gasteiger partial charge in [-0.3, -0.25) is 4.68 Å². The second kappa shape index (κ2) is 5.78. The molecule has 4 nitrogen and oxygen atoms in total. The summed E-state index contributed by atoms with van der Waals surface area (Å²) in [4.78, 5) is 0. The molecule has 0 spiro atoms. The monoisotopic (exact) mass is 197 g/mol. The lowest BCUT2D eigenvalue weighted by atomic mass is 10.1. The molecule has 0 fully saturated rings. The number of nitrogens with one attached hydrogen (secondary N) is 1. The van der Waals surface area contributed by atoms with Crippen molar-refractivity contribution >= 4 is 0 Å². The first-order valence-electron chi connectivity index (χ1n) is 4.98. The van der Waals surface area contributed by atoms with E-state index >= 15 is 0 Å². The molecule has 4 heteroatoms. The van der Waals surface area contributed by atoms with E-state index in [0.29, 0.717) is 6.04 Å². The number of ether oxygens (including phenoxy) is 1. The lowest BCUT2D eigenvalue weighted by Gasteiger charge is -2.15. The van der Waals surface area contributed by atoms with E-state index in [1.807, 2.05) is 24.1 Å². The number of aromatic nitrogens is 2. The van der Waals surface area contributed by atoms with E-state index in [0.717, 1.165) is 19.6 Å². The van der Waals surface area contributed by atoms with Gasteiger partial charge in [0.2, 0.25) is 0 Å². The van der Waals surface area contributed by atoms with Crippen molar-refractivity contribution in [2.75, 3.05) is 20.3 Å². The average molecular weight is 197 g/mol. The molecule has 0 amide bonds. The van der Waals surface area contributed by atoms with Gasteiger partial charge in [0.25, 0.3) is 0 Å². The molecule has 1 heterocycles. The standard InChI is InChI=1S/C10H19N3O/c1-4-11-10(5-6-14-3)9-7-12-13(2)8-9/h7-8,10-11H,4-6H2,1-3H3. The van der Waals surface area contributed by atoms with Crippen LogP contribution >= 0.6 is 0 Å². The van der Waals surface area contributed by atoms with Crippen molar-refractivity contribution in [2.24, 2.45) is 7.05 Å². The van der Waals surface area contributed by atoms with Crippen LogP contribution in [0.2, 0.25) is 0 Å². The van der Waals surface area contributed by atoms with Gasteiger partial charge >= 0.3 is 0 Å². The van der Waals surface area contributed by atoms with Crippen LogP contribution in [0, 0.1) is 0 Å². The Bertz CT molecular complexity index is 260. The Hall–Kier alpha value is -0.870. The number of aryl methyl sites for hydroxylation is 1. The van der Waals surface area contributed by atoms with Gasteiger partial charge in [-0.2, -0.15) is 5.10 Å². The van der Waals surface area contributed by atoms with Gasteiger partial charge in [-0.25, -0.2) is 0 Å². The van der Waals surface area contributed by atoms with Crippen molar-refractivity contribution in [3.05, 3.63) is 18.0 Å². The summed E-state index contributed by atoms with van der Waals surface area (Å²) >= 11 is 0. The Balaban J connectivity index is 2.57. The fraction of sp³-hybridized carbons (Fsp3) is 0.700. The van der Waals surface area contributed by atoms with Crippen LogP contribution in [-0.4, -0.2) is 30.0 Å². The van der Waals surface area contributed by atoms with Gasteiger partial charge in [-0.15, -0.1) is 0 Å². The van der Waals surface area contributed by atoms with Crippen LogP contribution in [0.1, 0.15) is 24.9 Å². The molecule has 1 aromatic rings. The molecular formula is C10H19N3O. The molecule has 80 valence electrons. The Kier molecular flexibility index (Phi) is 4.62. The summed E-state index contributed by atoms with van der Waals surface area (Å²) in [5.41, 5.74) is 1.23. The van der Waals surface area contributed by atoms with Gasteiger partial charge in [0.15, 0.2) is 0 Å². The zero-order valence-corrected chi connectivity index (χ0v) is 9.16.